The molecule has 0 radical (unpaired) electrons. The number of nitrogens with two attached hydrogens (primary N) is 1. The van der Waals surface area contributed by atoms with Crippen molar-refractivity contribution in [2.45, 2.75) is 19.8 Å². The van der Waals surface area contributed by atoms with Crippen molar-refractivity contribution < 1.29 is 4.79 Å². The first-order valence-corrected chi connectivity index (χ1v) is 9.77. The van der Waals surface area contributed by atoms with Crippen LogP contribution < -0.4 is 11.1 Å². The van der Waals surface area contributed by atoms with Crippen LogP contribution in [0.25, 0.3) is 5.69 Å². The van der Waals surface area contributed by atoms with Gasteiger partial charge in [-0.3, -0.25) is 4.79 Å². The van der Waals surface area contributed by atoms with Gasteiger partial charge in [-0.2, -0.15) is 10.4 Å². The third kappa shape index (κ3) is 4.65. The van der Waals surface area contributed by atoms with Gasteiger partial charge in [-0.15, -0.1) is 0 Å². The van der Waals surface area contributed by atoms with Gasteiger partial charge < -0.3 is 11.1 Å². The number of aromatic nitrogens is 2. The Bertz CT molecular complexity index is 1030. The summed E-state index contributed by atoms with van der Waals surface area (Å²) in [5.41, 5.74) is 8.15. The number of halogens is 1. The van der Waals surface area contributed by atoms with Crippen LogP contribution in [0.2, 0.25) is 5.02 Å². The minimum absolute atomic E-state index is 0.118. The molecular weight excluding hydrogens is 386 g/mol. The zero-order chi connectivity index (χ0) is 20.8. The molecule has 0 fully saturated rings. The molecule has 1 aromatic heterocycles. The van der Waals surface area contributed by atoms with E-state index in [2.05, 4.69) is 16.5 Å². The van der Waals surface area contributed by atoms with Crippen LogP contribution in [0.15, 0.2) is 48.5 Å². The lowest BCUT2D eigenvalue weighted by molar-refractivity contribution is 0.103. The fourth-order valence-corrected chi connectivity index (χ4v) is 3.06. The molecule has 1 heterocycles. The van der Waals surface area contributed by atoms with Crippen LogP contribution in [0.1, 0.15) is 40.0 Å². The number of anilines is 1. The number of ketones is 1. The topological polar surface area (TPSA) is 96.7 Å². The Morgan fingerprint density at radius 2 is 1.86 bits per heavy atom. The van der Waals surface area contributed by atoms with Crippen LogP contribution in [0, 0.1) is 18.3 Å². The van der Waals surface area contributed by atoms with Crippen molar-refractivity contribution in [3.05, 3.63) is 75.9 Å². The third-order valence-corrected chi connectivity index (χ3v) is 4.77. The third-order valence-electron chi connectivity index (χ3n) is 4.52. The molecule has 0 aliphatic rings. The number of unbranched alkanes of at least 4 members (excludes halogenated alkanes) is 1. The molecule has 7 heteroatoms. The number of hydrogen-bond acceptors (Lipinski definition) is 5. The average molecular weight is 408 g/mol. The van der Waals surface area contributed by atoms with Crippen LogP contribution in [0.5, 0.6) is 0 Å². The number of hydrogen-bond donors (Lipinski definition) is 2. The maximum Gasteiger partial charge on any atom is 0.214 e. The Labute approximate surface area is 174 Å². The highest BCUT2D eigenvalue weighted by atomic mass is 35.5. The van der Waals surface area contributed by atoms with E-state index in [0.717, 1.165) is 18.4 Å². The lowest BCUT2D eigenvalue weighted by Gasteiger charge is -2.10. The number of carbonyl (C=O) groups is 1. The Morgan fingerprint density at radius 3 is 2.48 bits per heavy atom. The summed E-state index contributed by atoms with van der Waals surface area (Å²) in [4.78, 5) is 13.1. The molecule has 3 rings (SSSR count). The Balaban J connectivity index is 2.06. The van der Waals surface area contributed by atoms with Crippen molar-refractivity contribution >= 4 is 23.2 Å². The van der Waals surface area contributed by atoms with E-state index in [4.69, 9.17) is 17.3 Å². The summed E-state index contributed by atoms with van der Waals surface area (Å²) >= 11 is 6.00. The summed E-state index contributed by atoms with van der Waals surface area (Å²) in [5.74, 6) is 0.196. The monoisotopic (exact) mass is 407 g/mol. The van der Waals surface area contributed by atoms with Gasteiger partial charge in [-0.05, 0) is 50.6 Å². The smallest absolute Gasteiger partial charge is 0.214 e. The highest BCUT2D eigenvalue weighted by molar-refractivity contribution is 6.30. The summed E-state index contributed by atoms with van der Waals surface area (Å²) in [5, 5.41) is 18.1. The number of nitrogens with one attached hydrogen (secondary N) is 1. The van der Waals surface area contributed by atoms with E-state index in [1.165, 1.54) is 0 Å². The van der Waals surface area contributed by atoms with Gasteiger partial charge in [0.2, 0.25) is 5.78 Å². The molecule has 3 aromatic rings. The second kappa shape index (κ2) is 9.37. The first-order chi connectivity index (χ1) is 14.0. The second-order valence-corrected chi connectivity index (χ2v) is 7.13. The van der Waals surface area contributed by atoms with Gasteiger partial charge in [0.05, 0.1) is 5.69 Å². The van der Waals surface area contributed by atoms with Crippen molar-refractivity contribution in [1.29, 1.82) is 5.26 Å². The molecule has 2 aromatic carbocycles. The molecule has 0 aliphatic carbocycles. The summed E-state index contributed by atoms with van der Waals surface area (Å²) in [6.07, 6.45) is 1.70. The van der Waals surface area contributed by atoms with Crippen molar-refractivity contribution in [3.63, 3.8) is 0 Å². The zero-order valence-electron chi connectivity index (χ0n) is 16.2. The first-order valence-electron chi connectivity index (χ1n) is 9.39. The summed E-state index contributed by atoms with van der Waals surface area (Å²) in [7, 11) is 0. The Kier molecular flexibility index (Phi) is 6.65. The van der Waals surface area contributed by atoms with Gasteiger partial charge in [0.15, 0.2) is 5.69 Å². The molecule has 6 nitrogen and oxygen atoms in total. The van der Waals surface area contributed by atoms with Gasteiger partial charge in [0, 0.05) is 17.1 Å². The number of aryl methyl sites for hydroxylation is 1. The van der Waals surface area contributed by atoms with Crippen molar-refractivity contribution in [2.75, 3.05) is 18.4 Å². The van der Waals surface area contributed by atoms with Gasteiger partial charge in [-0.1, -0.05) is 41.4 Å². The Hall–Kier alpha value is -3.14. The molecule has 0 aliphatic heterocycles. The molecule has 3 N–H and O–H groups in total. The number of rotatable bonds is 8. The van der Waals surface area contributed by atoms with E-state index >= 15 is 0 Å². The number of benzene rings is 2. The summed E-state index contributed by atoms with van der Waals surface area (Å²) in [6, 6.07) is 16.4. The van der Waals surface area contributed by atoms with Gasteiger partial charge in [-0.25, -0.2) is 4.68 Å². The summed E-state index contributed by atoms with van der Waals surface area (Å²) in [6.45, 7) is 3.16. The minimum Gasteiger partial charge on any atom is -0.369 e. The quantitative estimate of drug-likeness (QED) is 0.433. The lowest BCUT2D eigenvalue weighted by atomic mass is 10.0. The molecule has 0 atom stereocenters. The van der Waals surface area contributed by atoms with Crippen LogP contribution in [-0.4, -0.2) is 28.7 Å². The number of nitriles is 1. The minimum atomic E-state index is -0.292. The van der Waals surface area contributed by atoms with Crippen LogP contribution in [0.3, 0.4) is 0 Å². The number of nitrogens with zero attached hydrogens (tertiary/aromatic N) is 3. The predicted molar refractivity (Wildman–Crippen MR) is 115 cm³/mol. The van der Waals surface area contributed by atoms with Crippen molar-refractivity contribution in [1.82, 2.24) is 9.78 Å². The van der Waals surface area contributed by atoms with Gasteiger partial charge in [0.25, 0.3) is 0 Å². The normalized spacial score (nSPS) is 10.6. The van der Waals surface area contributed by atoms with Crippen LogP contribution in [-0.2, 0) is 0 Å². The fraction of sp³-hybridized carbons (Fsp3) is 0.227. The van der Waals surface area contributed by atoms with Gasteiger partial charge in [0.1, 0.15) is 17.5 Å². The molecule has 0 spiro atoms. The lowest BCUT2D eigenvalue weighted by Crippen LogP contribution is -2.10. The van der Waals surface area contributed by atoms with E-state index in [1.807, 2.05) is 19.1 Å². The van der Waals surface area contributed by atoms with Gasteiger partial charge >= 0.3 is 0 Å². The average Bonchev–Trinajstić information content (AvgIpc) is 3.10. The van der Waals surface area contributed by atoms with Crippen molar-refractivity contribution in [3.8, 4) is 11.8 Å². The molecule has 0 bridgehead atoms. The standard InChI is InChI=1S/C22H22ClN5O/c1-15-4-6-16(7-5-15)21(29)20-19(14-25)22(26-13-3-2-12-24)28(27-20)18-10-8-17(23)9-11-18/h4-11,26H,2-3,12-13,24H2,1H3. The van der Waals surface area contributed by atoms with E-state index < -0.39 is 0 Å². The largest absolute Gasteiger partial charge is 0.369 e. The molecule has 0 saturated carbocycles. The molecule has 0 amide bonds. The van der Waals surface area contributed by atoms with E-state index in [-0.39, 0.29) is 17.0 Å². The SMILES string of the molecule is Cc1ccc(C(=O)c2nn(-c3ccc(Cl)cc3)c(NCCCCN)c2C#N)cc1. The maximum absolute atomic E-state index is 13.1. The predicted octanol–water partition coefficient (Wildman–Crippen LogP) is 4.09. The van der Waals surface area contributed by atoms with E-state index in [0.29, 0.717) is 35.2 Å². The van der Waals surface area contributed by atoms with E-state index in [1.54, 1.807) is 41.1 Å². The molecular formula is C22H22ClN5O. The van der Waals surface area contributed by atoms with Crippen LogP contribution in [0.4, 0.5) is 5.82 Å². The van der Waals surface area contributed by atoms with Crippen molar-refractivity contribution in [2.24, 2.45) is 5.73 Å². The van der Waals surface area contributed by atoms with E-state index in [9.17, 15) is 10.1 Å². The first kappa shape index (κ1) is 20.6. The highest BCUT2D eigenvalue weighted by Crippen LogP contribution is 2.26. The van der Waals surface area contributed by atoms with Crippen LogP contribution >= 0.6 is 11.6 Å². The Morgan fingerprint density at radius 1 is 1.17 bits per heavy atom. The zero-order valence-corrected chi connectivity index (χ0v) is 16.9. The molecule has 148 valence electrons. The molecule has 0 unspecified atom stereocenters. The molecule has 29 heavy (non-hydrogen) atoms. The second-order valence-electron chi connectivity index (χ2n) is 6.69. The number of carbonyl (C=O) groups excluding carboxylic acids is 1. The maximum atomic E-state index is 13.1. The summed E-state index contributed by atoms with van der Waals surface area (Å²) < 4.78 is 1.58. The highest BCUT2D eigenvalue weighted by Gasteiger charge is 2.24. The fourth-order valence-electron chi connectivity index (χ4n) is 2.93. The molecule has 0 saturated heterocycles.